The molecule has 1 aromatic rings. The van der Waals surface area contributed by atoms with E-state index in [1.807, 2.05) is 30.3 Å². The zero-order chi connectivity index (χ0) is 10.0. The van der Waals surface area contributed by atoms with Gasteiger partial charge in [0.25, 0.3) is 0 Å². The van der Waals surface area contributed by atoms with Gasteiger partial charge in [-0.15, -0.1) is 0 Å². The number of hydrogen-bond acceptors (Lipinski definition) is 1. The fourth-order valence-corrected chi connectivity index (χ4v) is 2.60. The molecule has 0 saturated heterocycles. The average Bonchev–Trinajstić information content (AvgIpc) is 2.71. The molecule has 1 aromatic carbocycles. The molecule has 2 aliphatic heterocycles. The van der Waals surface area contributed by atoms with Gasteiger partial charge in [0.15, 0.2) is 5.60 Å². The van der Waals surface area contributed by atoms with Gasteiger partial charge in [-0.05, 0) is 18.2 Å². The van der Waals surface area contributed by atoms with Gasteiger partial charge in [-0.25, -0.2) is 4.39 Å². The zero-order valence-corrected chi connectivity index (χ0v) is 7.83. The molecule has 1 nitrogen and oxygen atoms in total. The van der Waals surface area contributed by atoms with Gasteiger partial charge in [0.05, 0.1) is 0 Å². The van der Waals surface area contributed by atoms with E-state index in [9.17, 15) is 4.39 Å². The highest BCUT2D eigenvalue weighted by atomic mass is 19.1. The Morgan fingerprint density at radius 1 is 1.07 bits per heavy atom. The van der Waals surface area contributed by atoms with E-state index in [4.69, 9.17) is 4.74 Å². The summed E-state index contributed by atoms with van der Waals surface area (Å²) in [7, 11) is 0. The Hall–Kier alpha value is -1.83. The van der Waals surface area contributed by atoms with Gasteiger partial charge in [-0.2, -0.15) is 0 Å². The summed E-state index contributed by atoms with van der Waals surface area (Å²) < 4.78 is 19.4. The van der Waals surface area contributed by atoms with Crippen molar-refractivity contribution in [1.82, 2.24) is 0 Å². The van der Waals surface area contributed by atoms with Crippen molar-refractivity contribution in [2.45, 2.75) is 5.60 Å². The minimum Gasteiger partial charge on any atom is -0.473 e. The minimum absolute atomic E-state index is 0.171. The first-order chi connectivity index (χ1) is 7.30. The Kier molecular flexibility index (Phi) is 1.02. The monoisotopic (exact) mass is 198 g/mol. The molecule has 1 unspecified atom stereocenters. The van der Waals surface area contributed by atoms with Crippen molar-refractivity contribution in [3.05, 3.63) is 65.0 Å². The quantitative estimate of drug-likeness (QED) is 0.622. The normalized spacial score (nSPS) is 29.0. The van der Waals surface area contributed by atoms with Gasteiger partial charge in [0.2, 0.25) is 0 Å². The molecule has 0 saturated carbocycles. The van der Waals surface area contributed by atoms with Crippen molar-refractivity contribution < 1.29 is 9.13 Å². The molecule has 0 amide bonds. The topological polar surface area (TPSA) is 9.23 Å². The maximum atomic E-state index is 13.6. The van der Waals surface area contributed by atoms with Gasteiger partial charge >= 0.3 is 0 Å². The molecule has 2 heteroatoms. The lowest BCUT2D eigenvalue weighted by Crippen LogP contribution is -2.35. The van der Waals surface area contributed by atoms with Crippen molar-refractivity contribution in [3.63, 3.8) is 0 Å². The molecule has 0 N–H and O–H groups in total. The van der Waals surface area contributed by atoms with Gasteiger partial charge in [-0.1, -0.05) is 24.3 Å². The second-order valence-electron chi connectivity index (χ2n) is 4.00. The zero-order valence-electron chi connectivity index (χ0n) is 7.83. The van der Waals surface area contributed by atoms with Crippen LogP contribution in [-0.4, -0.2) is 0 Å². The Labute approximate surface area is 86.2 Å². The van der Waals surface area contributed by atoms with Crippen molar-refractivity contribution in [2.75, 3.05) is 0 Å². The highest BCUT2D eigenvalue weighted by Crippen LogP contribution is 2.54. The molecule has 1 atom stereocenters. The van der Waals surface area contributed by atoms with Gasteiger partial charge < -0.3 is 4.74 Å². The summed E-state index contributed by atoms with van der Waals surface area (Å²) in [6.07, 6.45) is 5.29. The van der Waals surface area contributed by atoms with E-state index >= 15 is 0 Å². The van der Waals surface area contributed by atoms with Crippen LogP contribution in [0.15, 0.2) is 59.5 Å². The number of hydrogen-bond donors (Lipinski definition) is 0. The molecule has 72 valence electrons. The molecule has 1 spiro atoms. The standard InChI is InChI=1S/C13H7FO/c14-12-7-9-3-6-11(12)13(9)8-1-4-10(15-13)5-2-8/h1-7H. The third kappa shape index (κ3) is 0.645. The highest BCUT2D eigenvalue weighted by Gasteiger charge is 2.50. The third-order valence-electron chi connectivity index (χ3n) is 3.29. The Morgan fingerprint density at radius 2 is 1.87 bits per heavy atom. The number of fused-ring (bicyclic) bond motifs is 2. The van der Waals surface area contributed by atoms with Crippen LogP contribution in [0, 0.1) is 0 Å². The largest absolute Gasteiger partial charge is 0.473 e. The third-order valence-corrected chi connectivity index (χ3v) is 3.29. The number of halogens is 1. The van der Waals surface area contributed by atoms with E-state index in [1.165, 1.54) is 0 Å². The summed E-state index contributed by atoms with van der Waals surface area (Å²) in [6, 6.07) is 7.82. The van der Waals surface area contributed by atoms with Crippen LogP contribution in [0.4, 0.5) is 4.39 Å². The Balaban J connectivity index is 2.07. The predicted octanol–water partition coefficient (Wildman–Crippen LogP) is 3.01. The van der Waals surface area contributed by atoms with E-state index in [0.717, 1.165) is 16.9 Å². The molecule has 0 fully saturated rings. The summed E-state index contributed by atoms with van der Waals surface area (Å²) in [5.74, 6) is 0.627. The number of allylic oxidation sites excluding steroid dienone is 2. The molecule has 5 rings (SSSR count). The van der Waals surface area contributed by atoms with Crippen LogP contribution in [0.2, 0.25) is 0 Å². The summed E-state index contributed by atoms with van der Waals surface area (Å²) in [6.45, 7) is 0. The summed E-state index contributed by atoms with van der Waals surface area (Å²) in [5.41, 5.74) is 1.90. The molecule has 2 heterocycles. The van der Waals surface area contributed by atoms with Crippen LogP contribution in [-0.2, 0) is 5.60 Å². The molecule has 2 aliphatic carbocycles. The predicted molar refractivity (Wildman–Crippen MR) is 54.1 cm³/mol. The minimum atomic E-state index is -0.650. The number of ether oxygens (including phenoxy) is 1. The first kappa shape index (κ1) is 7.46. The first-order valence-electron chi connectivity index (χ1n) is 4.91. The average molecular weight is 198 g/mol. The van der Waals surface area contributed by atoms with Crippen LogP contribution in [0.3, 0.4) is 0 Å². The lowest BCUT2D eigenvalue weighted by atomic mass is 9.85. The molecular formula is C13H7FO. The van der Waals surface area contributed by atoms with Gasteiger partial charge in [0.1, 0.15) is 11.6 Å². The van der Waals surface area contributed by atoms with Crippen LogP contribution >= 0.6 is 0 Å². The molecule has 4 bridgehead atoms. The van der Waals surface area contributed by atoms with Crippen molar-refractivity contribution in [3.8, 4) is 5.75 Å². The Bertz CT molecular complexity index is 563. The van der Waals surface area contributed by atoms with E-state index in [1.54, 1.807) is 12.2 Å². The fraction of sp³-hybridized carbons (Fsp3) is 0.0769. The second kappa shape index (κ2) is 2.06. The molecular weight excluding hydrogens is 191 g/mol. The lowest BCUT2D eigenvalue weighted by molar-refractivity contribution is 0.151. The number of benzene rings is 1. The van der Waals surface area contributed by atoms with E-state index in [0.29, 0.717) is 5.57 Å². The van der Waals surface area contributed by atoms with Crippen LogP contribution in [0.25, 0.3) is 0 Å². The van der Waals surface area contributed by atoms with E-state index in [-0.39, 0.29) is 5.83 Å². The lowest BCUT2D eigenvalue weighted by Gasteiger charge is -2.35. The maximum Gasteiger partial charge on any atom is 0.187 e. The smallest absolute Gasteiger partial charge is 0.187 e. The molecule has 0 radical (unpaired) electrons. The van der Waals surface area contributed by atoms with Crippen LogP contribution in [0.5, 0.6) is 5.75 Å². The summed E-state index contributed by atoms with van der Waals surface area (Å²) in [4.78, 5) is 0. The first-order valence-corrected chi connectivity index (χ1v) is 4.91. The maximum absolute atomic E-state index is 13.6. The van der Waals surface area contributed by atoms with Gasteiger partial charge in [0, 0.05) is 16.7 Å². The van der Waals surface area contributed by atoms with Gasteiger partial charge in [-0.3, -0.25) is 0 Å². The number of rotatable bonds is 0. The summed E-state index contributed by atoms with van der Waals surface area (Å²) >= 11 is 0. The van der Waals surface area contributed by atoms with Crippen molar-refractivity contribution >= 4 is 0 Å². The van der Waals surface area contributed by atoms with Crippen molar-refractivity contribution in [1.29, 1.82) is 0 Å². The highest BCUT2D eigenvalue weighted by molar-refractivity contribution is 5.67. The van der Waals surface area contributed by atoms with E-state index in [2.05, 4.69) is 0 Å². The SMILES string of the molecule is FC1=C2C=CC(=C1)C21Oc2ccc1cc2. The van der Waals surface area contributed by atoms with Crippen LogP contribution < -0.4 is 4.74 Å². The Morgan fingerprint density at radius 3 is 2.33 bits per heavy atom. The molecule has 4 aliphatic rings. The summed E-state index contributed by atoms with van der Waals surface area (Å²) in [5, 5.41) is 0. The fourth-order valence-electron chi connectivity index (χ4n) is 2.60. The molecule has 15 heavy (non-hydrogen) atoms. The van der Waals surface area contributed by atoms with Crippen LogP contribution in [0.1, 0.15) is 5.56 Å². The van der Waals surface area contributed by atoms with E-state index < -0.39 is 5.60 Å². The molecule has 0 aromatic heterocycles. The van der Waals surface area contributed by atoms with Crippen molar-refractivity contribution in [2.24, 2.45) is 0 Å². The second-order valence-corrected chi connectivity index (χ2v) is 4.00.